The van der Waals surface area contributed by atoms with Crippen LogP contribution >= 0.6 is 22.9 Å². The Morgan fingerprint density at radius 3 is 2.78 bits per heavy atom. The van der Waals surface area contributed by atoms with E-state index in [1.54, 1.807) is 7.11 Å². The van der Waals surface area contributed by atoms with Crippen molar-refractivity contribution < 1.29 is 4.74 Å². The smallest absolute Gasteiger partial charge is 0.266 e. The first-order valence-electron chi connectivity index (χ1n) is 8.65. The molecular formula is C21H19ClN2O2S. The molecule has 0 bridgehead atoms. The van der Waals surface area contributed by atoms with Gasteiger partial charge in [-0.05, 0) is 53.2 Å². The zero-order valence-electron chi connectivity index (χ0n) is 15.0. The number of rotatable bonds is 4. The average Bonchev–Trinajstić information content (AvgIpc) is 3.17. The van der Waals surface area contributed by atoms with Crippen LogP contribution in [0.1, 0.15) is 18.4 Å². The Labute approximate surface area is 165 Å². The molecule has 0 radical (unpaired) electrons. The van der Waals surface area contributed by atoms with Gasteiger partial charge in [0.2, 0.25) is 0 Å². The van der Waals surface area contributed by atoms with Crippen molar-refractivity contribution in [3.05, 3.63) is 62.7 Å². The number of hydrogen-bond acceptors (Lipinski definition) is 4. The van der Waals surface area contributed by atoms with Crippen LogP contribution in [0.15, 0.2) is 46.6 Å². The van der Waals surface area contributed by atoms with Gasteiger partial charge in [-0.15, -0.1) is 11.3 Å². The highest BCUT2D eigenvalue weighted by atomic mass is 35.5. The highest BCUT2D eigenvalue weighted by molar-refractivity contribution is 7.17. The third-order valence-electron chi connectivity index (χ3n) is 4.95. The van der Waals surface area contributed by atoms with Crippen molar-refractivity contribution in [1.82, 2.24) is 4.98 Å². The van der Waals surface area contributed by atoms with Crippen LogP contribution in [0.4, 0.5) is 0 Å². The second-order valence-corrected chi connectivity index (χ2v) is 7.88. The number of H-pyrrole nitrogens is 1. The van der Waals surface area contributed by atoms with Crippen LogP contribution in [0.25, 0.3) is 32.1 Å². The van der Waals surface area contributed by atoms with E-state index >= 15 is 0 Å². The van der Waals surface area contributed by atoms with Gasteiger partial charge in [0, 0.05) is 26.9 Å². The van der Waals surface area contributed by atoms with E-state index in [4.69, 9.17) is 22.1 Å². The number of halogens is 1. The van der Waals surface area contributed by atoms with Crippen LogP contribution in [0.5, 0.6) is 5.75 Å². The molecule has 0 spiro atoms. The third-order valence-corrected chi connectivity index (χ3v) is 6.19. The normalized spacial score (nSPS) is 12.6. The van der Waals surface area contributed by atoms with E-state index in [1.807, 2.05) is 41.8 Å². The second kappa shape index (κ2) is 7.00. The molecule has 4 aromatic rings. The summed E-state index contributed by atoms with van der Waals surface area (Å²) in [6.45, 7) is 2.59. The van der Waals surface area contributed by atoms with Gasteiger partial charge in [0.15, 0.2) is 0 Å². The van der Waals surface area contributed by atoms with Crippen molar-refractivity contribution in [2.75, 3.05) is 13.7 Å². The van der Waals surface area contributed by atoms with Gasteiger partial charge in [0.05, 0.1) is 7.11 Å². The zero-order chi connectivity index (χ0) is 19.1. The zero-order valence-corrected chi connectivity index (χ0v) is 16.6. The SMILES string of the molecule is COc1ccc2[nH]c(=O)c3sccc3c2c1-c1ccc(C(C)CN)c(Cl)c1. The quantitative estimate of drug-likeness (QED) is 0.500. The molecule has 0 amide bonds. The second-order valence-electron chi connectivity index (χ2n) is 6.56. The Balaban J connectivity index is 2.07. The Morgan fingerprint density at radius 2 is 2.07 bits per heavy atom. The summed E-state index contributed by atoms with van der Waals surface area (Å²) in [7, 11) is 1.65. The molecule has 1 atom stereocenters. The maximum Gasteiger partial charge on any atom is 0.266 e. The molecule has 2 aromatic heterocycles. The van der Waals surface area contributed by atoms with Gasteiger partial charge >= 0.3 is 0 Å². The monoisotopic (exact) mass is 398 g/mol. The molecule has 0 aliphatic heterocycles. The molecule has 0 aliphatic carbocycles. The largest absolute Gasteiger partial charge is 0.496 e. The summed E-state index contributed by atoms with van der Waals surface area (Å²) in [6.07, 6.45) is 0. The average molecular weight is 399 g/mol. The lowest BCUT2D eigenvalue weighted by molar-refractivity contribution is 0.417. The van der Waals surface area contributed by atoms with Gasteiger partial charge in [0.25, 0.3) is 5.56 Å². The maximum atomic E-state index is 12.4. The molecule has 3 N–H and O–H groups in total. The molecule has 27 heavy (non-hydrogen) atoms. The number of methoxy groups -OCH3 is 1. The molecule has 138 valence electrons. The van der Waals surface area contributed by atoms with Crippen LogP contribution in [0.2, 0.25) is 5.02 Å². The van der Waals surface area contributed by atoms with E-state index in [-0.39, 0.29) is 11.5 Å². The molecule has 2 aromatic carbocycles. The van der Waals surface area contributed by atoms with Gasteiger partial charge in [-0.25, -0.2) is 0 Å². The number of thiophene rings is 1. The fourth-order valence-electron chi connectivity index (χ4n) is 3.49. The minimum atomic E-state index is -0.0752. The van der Waals surface area contributed by atoms with E-state index in [9.17, 15) is 4.79 Å². The highest BCUT2D eigenvalue weighted by Gasteiger charge is 2.18. The first-order chi connectivity index (χ1) is 13.0. The van der Waals surface area contributed by atoms with Crippen molar-refractivity contribution >= 4 is 43.9 Å². The summed E-state index contributed by atoms with van der Waals surface area (Å²) >= 11 is 8.00. The molecule has 0 saturated carbocycles. The molecule has 0 aliphatic rings. The summed E-state index contributed by atoms with van der Waals surface area (Å²) in [4.78, 5) is 15.3. The van der Waals surface area contributed by atoms with Gasteiger partial charge in [-0.2, -0.15) is 0 Å². The number of pyridine rings is 1. The van der Waals surface area contributed by atoms with Gasteiger partial charge < -0.3 is 15.5 Å². The Hall–Kier alpha value is -2.34. The summed E-state index contributed by atoms with van der Waals surface area (Å²) in [5.41, 5.74) is 9.38. The van der Waals surface area contributed by atoms with Gasteiger partial charge in [0.1, 0.15) is 10.4 Å². The number of hydrogen-bond donors (Lipinski definition) is 2. The van der Waals surface area contributed by atoms with Crippen LogP contribution < -0.4 is 16.0 Å². The molecule has 4 rings (SSSR count). The van der Waals surface area contributed by atoms with E-state index < -0.39 is 0 Å². The number of aromatic amines is 1. The predicted octanol–water partition coefficient (Wildman–Crippen LogP) is 5.13. The minimum absolute atomic E-state index is 0.0752. The number of benzene rings is 2. The van der Waals surface area contributed by atoms with Gasteiger partial charge in [-0.3, -0.25) is 4.79 Å². The van der Waals surface area contributed by atoms with Crippen molar-refractivity contribution in [1.29, 1.82) is 0 Å². The van der Waals surface area contributed by atoms with Crippen molar-refractivity contribution in [3.63, 3.8) is 0 Å². The van der Waals surface area contributed by atoms with Crippen molar-refractivity contribution in [2.24, 2.45) is 5.73 Å². The summed E-state index contributed by atoms with van der Waals surface area (Å²) in [5.74, 6) is 0.915. The Bertz CT molecular complexity index is 1210. The maximum absolute atomic E-state index is 12.4. The summed E-state index contributed by atoms with van der Waals surface area (Å²) in [5, 5.41) is 4.49. The molecular weight excluding hydrogens is 380 g/mol. The third kappa shape index (κ3) is 2.92. The predicted molar refractivity (Wildman–Crippen MR) is 114 cm³/mol. The van der Waals surface area contributed by atoms with E-state index in [2.05, 4.69) is 11.9 Å². The molecule has 4 nitrogen and oxygen atoms in total. The lowest BCUT2D eigenvalue weighted by Crippen LogP contribution is -2.09. The number of fused-ring (bicyclic) bond motifs is 3. The topological polar surface area (TPSA) is 68.1 Å². The lowest BCUT2D eigenvalue weighted by atomic mass is 9.94. The van der Waals surface area contributed by atoms with Crippen LogP contribution in [0.3, 0.4) is 0 Å². The van der Waals surface area contributed by atoms with E-state index in [0.29, 0.717) is 16.3 Å². The number of nitrogens with one attached hydrogen (secondary N) is 1. The van der Waals surface area contributed by atoms with Crippen molar-refractivity contribution in [3.8, 4) is 16.9 Å². The number of ether oxygens (including phenoxy) is 1. The van der Waals surface area contributed by atoms with Crippen LogP contribution in [-0.2, 0) is 0 Å². The fraction of sp³-hybridized carbons (Fsp3) is 0.190. The molecule has 0 saturated heterocycles. The van der Waals surface area contributed by atoms with E-state index in [0.717, 1.165) is 38.7 Å². The lowest BCUT2D eigenvalue weighted by Gasteiger charge is -2.16. The molecule has 0 fully saturated rings. The minimum Gasteiger partial charge on any atom is -0.496 e. The number of aromatic nitrogens is 1. The number of nitrogens with two attached hydrogens (primary N) is 1. The molecule has 2 heterocycles. The van der Waals surface area contributed by atoms with Crippen molar-refractivity contribution in [2.45, 2.75) is 12.8 Å². The Morgan fingerprint density at radius 1 is 1.26 bits per heavy atom. The van der Waals surface area contributed by atoms with Gasteiger partial charge in [-0.1, -0.05) is 30.7 Å². The summed E-state index contributed by atoms with van der Waals surface area (Å²) in [6, 6.07) is 11.7. The first kappa shape index (κ1) is 18.0. The Kier molecular flexibility index (Phi) is 4.68. The first-order valence-corrected chi connectivity index (χ1v) is 9.91. The van der Waals surface area contributed by atoms with Crippen LogP contribution in [0, 0.1) is 0 Å². The molecule has 6 heteroatoms. The molecule has 1 unspecified atom stereocenters. The fourth-order valence-corrected chi connectivity index (χ4v) is 4.66. The van der Waals surface area contributed by atoms with Crippen LogP contribution in [-0.4, -0.2) is 18.6 Å². The summed E-state index contributed by atoms with van der Waals surface area (Å²) < 4.78 is 6.36. The standard InChI is InChI=1S/C21H19ClN2O2S/c1-11(10-23)13-4-3-12(9-15(13)22)18-17(26-2)6-5-16-19(18)14-7-8-27-20(14)21(25)24-16/h3-9,11H,10,23H2,1-2H3,(H,24,25). The highest BCUT2D eigenvalue weighted by Crippen LogP contribution is 2.41. The van der Waals surface area contributed by atoms with E-state index in [1.165, 1.54) is 11.3 Å².